The van der Waals surface area contributed by atoms with Gasteiger partial charge in [0.15, 0.2) is 5.75 Å². The van der Waals surface area contributed by atoms with Crippen molar-refractivity contribution in [1.82, 2.24) is 0 Å². The molecule has 1 aliphatic rings. The summed E-state index contributed by atoms with van der Waals surface area (Å²) in [5.41, 5.74) is 0.801. The van der Waals surface area contributed by atoms with Crippen LogP contribution in [0.5, 0.6) is 11.5 Å². The van der Waals surface area contributed by atoms with Crippen LogP contribution in [0.4, 0.5) is 0 Å². The Bertz CT molecular complexity index is 317. The van der Waals surface area contributed by atoms with Gasteiger partial charge in [0.1, 0.15) is 5.75 Å². The SMILES string of the molecule is [O]c1ccc2c(c1)OC(=O)C2. The minimum Gasteiger partial charge on any atom is -0.426 e. The third-order valence-corrected chi connectivity index (χ3v) is 1.60. The summed E-state index contributed by atoms with van der Waals surface area (Å²) >= 11 is 0. The van der Waals surface area contributed by atoms with Crippen molar-refractivity contribution >= 4 is 5.97 Å². The predicted molar refractivity (Wildman–Crippen MR) is 35.9 cm³/mol. The standard InChI is InChI=1S/C8H5O3/c9-6-2-1-5-3-8(10)11-7(5)4-6/h1-2,4H,3H2. The van der Waals surface area contributed by atoms with Crippen molar-refractivity contribution in [3.63, 3.8) is 0 Å². The molecule has 0 atom stereocenters. The van der Waals surface area contributed by atoms with Gasteiger partial charge in [-0.3, -0.25) is 9.90 Å². The molecule has 3 heteroatoms. The largest absolute Gasteiger partial charge is 0.426 e. The maximum Gasteiger partial charge on any atom is 0.315 e. The lowest BCUT2D eigenvalue weighted by Gasteiger charge is -1.93. The van der Waals surface area contributed by atoms with E-state index in [2.05, 4.69) is 0 Å². The Kier molecular flexibility index (Phi) is 1.12. The van der Waals surface area contributed by atoms with Crippen LogP contribution in [-0.2, 0) is 16.3 Å². The molecule has 0 saturated carbocycles. The van der Waals surface area contributed by atoms with Crippen molar-refractivity contribution in [2.75, 3.05) is 0 Å². The Labute approximate surface area is 63.2 Å². The zero-order chi connectivity index (χ0) is 7.84. The lowest BCUT2D eigenvalue weighted by molar-refractivity contribution is -0.131. The van der Waals surface area contributed by atoms with E-state index in [0.717, 1.165) is 5.56 Å². The monoisotopic (exact) mass is 149 g/mol. The topological polar surface area (TPSA) is 46.2 Å². The number of hydrogen-bond acceptors (Lipinski definition) is 2. The fourth-order valence-electron chi connectivity index (χ4n) is 1.09. The molecule has 1 aromatic carbocycles. The third kappa shape index (κ3) is 0.941. The zero-order valence-corrected chi connectivity index (χ0v) is 5.66. The number of esters is 1. The van der Waals surface area contributed by atoms with E-state index >= 15 is 0 Å². The molecule has 1 heterocycles. The van der Waals surface area contributed by atoms with E-state index < -0.39 is 0 Å². The van der Waals surface area contributed by atoms with Crippen LogP contribution in [0.1, 0.15) is 5.56 Å². The van der Waals surface area contributed by atoms with Crippen LogP contribution in [0.25, 0.3) is 0 Å². The Morgan fingerprint density at radius 2 is 2.18 bits per heavy atom. The number of fused-ring (bicyclic) bond motifs is 1. The first-order valence-corrected chi connectivity index (χ1v) is 3.26. The molecule has 0 N–H and O–H groups in total. The van der Waals surface area contributed by atoms with E-state index in [1.54, 1.807) is 6.07 Å². The summed E-state index contributed by atoms with van der Waals surface area (Å²) in [6, 6.07) is 4.39. The highest BCUT2D eigenvalue weighted by molar-refractivity contribution is 5.81. The second kappa shape index (κ2) is 1.99. The van der Waals surface area contributed by atoms with Crippen LogP contribution < -0.4 is 4.74 Å². The second-order valence-corrected chi connectivity index (χ2v) is 2.42. The highest BCUT2D eigenvalue weighted by Gasteiger charge is 2.20. The number of rotatable bonds is 0. The Morgan fingerprint density at radius 3 is 3.00 bits per heavy atom. The molecule has 1 aromatic rings. The lowest BCUT2D eigenvalue weighted by atomic mass is 10.2. The number of benzene rings is 1. The minimum absolute atomic E-state index is 0.126. The average molecular weight is 149 g/mol. The van der Waals surface area contributed by atoms with E-state index in [4.69, 9.17) is 4.74 Å². The van der Waals surface area contributed by atoms with Crippen molar-refractivity contribution in [1.29, 1.82) is 0 Å². The summed E-state index contributed by atoms with van der Waals surface area (Å²) < 4.78 is 4.75. The quantitative estimate of drug-likeness (QED) is 0.412. The van der Waals surface area contributed by atoms with Crippen LogP contribution in [0.2, 0.25) is 0 Å². The fraction of sp³-hybridized carbons (Fsp3) is 0.125. The van der Waals surface area contributed by atoms with Gasteiger partial charge in [0, 0.05) is 11.6 Å². The molecule has 11 heavy (non-hydrogen) atoms. The molecule has 0 amide bonds. The van der Waals surface area contributed by atoms with Gasteiger partial charge in [-0.15, -0.1) is 0 Å². The summed E-state index contributed by atoms with van der Waals surface area (Å²) in [6.45, 7) is 0. The Balaban J connectivity index is 2.51. The first-order valence-electron chi connectivity index (χ1n) is 3.26. The van der Waals surface area contributed by atoms with Gasteiger partial charge >= 0.3 is 5.97 Å². The molecule has 3 nitrogen and oxygen atoms in total. The molecule has 2 rings (SSSR count). The molecule has 0 unspecified atom stereocenters. The van der Waals surface area contributed by atoms with Gasteiger partial charge in [-0.05, 0) is 6.07 Å². The van der Waals surface area contributed by atoms with Gasteiger partial charge in [-0.25, -0.2) is 0 Å². The molecule has 0 aliphatic carbocycles. The highest BCUT2D eigenvalue weighted by atomic mass is 16.5. The summed E-state index contributed by atoms with van der Waals surface area (Å²) in [5.74, 6) is 0.00606. The zero-order valence-electron chi connectivity index (χ0n) is 5.66. The smallest absolute Gasteiger partial charge is 0.315 e. The number of carbonyl (C=O) groups excluding carboxylic acids is 1. The molecule has 0 fully saturated rings. The summed E-state index contributed by atoms with van der Waals surface area (Å²) in [4.78, 5) is 10.7. The van der Waals surface area contributed by atoms with E-state index in [-0.39, 0.29) is 18.1 Å². The van der Waals surface area contributed by atoms with Crippen LogP contribution in [-0.4, -0.2) is 5.97 Å². The maximum atomic E-state index is 10.7. The molecule has 0 aromatic heterocycles. The van der Waals surface area contributed by atoms with Crippen molar-refractivity contribution in [3.05, 3.63) is 23.8 Å². The Hall–Kier alpha value is -1.51. The summed E-state index contributed by atoms with van der Waals surface area (Å²) in [6.07, 6.45) is 0.287. The number of ether oxygens (including phenoxy) is 1. The molecule has 55 valence electrons. The van der Waals surface area contributed by atoms with E-state index in [1.165, 1.54) is 12.1 Å². The lowest BCUT2D eigenvalue weighted by Crippen LogP contribution is -1.99. The van der Waals surface area contributed by atoms with Gasteiger partial charge in [-0.2, -0.15) is 0 Å². The molecule has 1 radical (unpaired) electrons. The van der Waals surface area contributed by atoms with E-state index in [1.807, 2.05) is 0 Å². The fourth-order valence-corrected chi connectivity index (χ4v) is 1.09. The molecular weight excluding hydrogens is 144 g/mol. The van der Waals surface area contributed by atoms with Gasteiger partial charge < -0.3 is 4.74 Å². The first-order chi connectivity index (χ1) is 5.25. The molecule has 0 spiro atoms. The second-order valence-electron chi connectivity index (χ2n) is 2.42. The van der Waals surface area contributed by atoms with Crippen molar-refractivity contribution < 1.29 is 14.6 Å². The van der Waals surface area contributed by atoms with Crippen molar-refractivity contribution in [2.24, 2.45) is 0 Å². The van der Waals surface area contributed by atoms with E-state index in [0.29, 0.717) is 5.75 Å². The first kappa shape index (κ1) is 6.22. The van der Waals surface area contributed by atoms with Crippen LogP contribution in [0.3, 0.4) is 0 Å². The third-order valence-electron chi connectivity index (χ3n) is 1.60. The van der Waals surface area contributed by atoms with Gasteiger partial charge in [0.05, 0.1) is 6.42 Å². The van der Waals surface area contributed by atoms with Crippen molar-refractivity contribution in [2.45, 2.75) is 6.42 Å². The van der Waals surface area contributed by atoms with Crippen LogP contribution in [0.15, 0.2) is 18.2 Å². The number of carbonyl (C=O) groups is 1. The highest BCUT2D eigenvalue weighted by Crippen LogP contribution is 2.29. The van der Waals surface area contributed by atoms with Gasteiger partial charge in [-0.1, -0.05) is 6.07 Å². The molecular formula is C8H5O3. The van der Waals surface area contributed by atoms with E-state index in [9.17, 15) is 9.90 Å². The summed E-state index contributed by atoms with van der Waals surface area (Å²) in [7, 11) is 0. The Morgan fingerprint density at radius 1 is 1.36 bits per heavy atom. The molecule has 0 bridgehead atoms. The summed E-state index contributed by atoms with van der Waals surface area (Å²) in [5, 5.41) is 10.7. The minimum atomic E-state index is -0.286. The normalized spacial score (nSPS) is 14.4. The average Bonchev–Trinajstić information content (AvgIpc) is 2.27. The van der Waals surface area contributed by atoms with Gasteiger partial charge in [0.2, 0.25) is 0 Å². The van der Waals surface area contributed by atoms with Gasteiger partial charge in [0.25, 0.3) is 0 Å². The maximum absolute atomic E-state index is 10.7. The molecule has 1 aliphatic heterocycles. The van der Waals surface area contributed by atoms with Crippen LogP contribution in [0, 0.1) is 0 Å². The predicted octanol–water partition coefficient (Wildman–Crippen LogP) is 1.29. The van der Waals surface area contributed by atoms with Crippen molar-refractivity contribution in [3.8, 4) is 11.5 Å². The number of hydrogen-bond donors (Lipinski definition) is 0. The van der Waals surface area contributed by atoms with Crippen LogP contribution >= 0.6 is 0 Å². The molecule has 0 saturated heterocycles.